The second-order valence-electron chi connectivity index (χ2n) is 1.81. The summed E-state index contributed by atoms with van der Waals surface area (Å²) in [5.41, 5.74) is 0. The molecule has 0 aromatic carbocycles. The van der Waals surface area contributed by atoms with Crippen molar-refractivity contribution in [3.63, 3.8) is 0 Å². The van der Waals surface area contributed by atoms with Crippen LogP contribution in [0.25, 0.3) is 0 Å². The lowest BCUT2D eigenvalue weighted by molar-refractivity contribution is 0.0998. The number of hydrogen-bond donors (Lipinski definition) is 0. The van der Waals surface area contributed by atoms with E-state index in [0.717, 1.165) is 26.1 Å². The van der Waals surface area contributed by atoms with Crippen molar-refractivity contribution in [2.75, 3.05) is 13.2 Å². The van der Waals surface area contributed by atoms with Crippen LogP contribution >= 0.6 is 11.6 Å². The molecule has 42 valence electrons. The van der Waals surface area contributed by atoms with E-state index in [4.69, 9.17) is 16.3 Å². The molecule has 1 aliphatic rings. The molecule has 0 radical (unpaired) electrons. The fraction of sp³-hybridized carbons (Fsp3) is 1.00. The minimum atomic E-state index is 0.286. The highest BCUT2D eigenvalue weighted by molar-refractivity contribution is 6.20. The molecule has 0 N–H and O–H groups in total. The maximum Gasteiger partial charge on any atom is 0.0630 e. The van der Waals surface area contributed by atoms with E-state index in [1.807, 2.05) is 0 Å². The Bertz CT molecular complexity index is 50.0. The lowest BCUT2D eigenvalue weighted by atomic mass is 10.2. The zero-order chi connectivity index (χ0) is 5.11. The van der Waals surface area contributed by atoms with Crippen molar-refractivity contribution in [3.8, 4) is 0 Å². The minimum absolute atomic E-state index is 0.286. The lowest BCUT2D eigenvalue weighted by Crippen LogP contribution is -2.16. The first-order chi connectivity index (χ1) is 3.39. The number of halogens is 1. The van der Waals surface area contributed by atoms with E-state index >= 15 is 0 Å². The van der Waals surface area contributed by atoms with E-state index in [9.17, 15) is 0 Å². The van der Waals surface area contributed by atoms with Gasteiger partial charge in [0.05, 0.1) is 12.0 Å². The van der Waals surface area contributed by atoms with Gasteiger partial charge in [0.15, 0.2) is 0 Å². The topological polar surface area (TPSA) is 9.23 Å². The highest BCUT2D eigenvalue weighted by atomic mass is 35.5. The SMILES string of the molecule is ClC1CCCOC1. The molecular weight excluding hydrogens is 112 g/mol. The molecule has 1 unspecified atom stereocenters. The Labute approximate surface area is 48.6 Å². The van der Waals surface area contributed by atoms with Crippen LogP contribution in [0.15, 0.2) is 0 Å². The molecule has 0 amide bonds. The second kappa shape index (κ2) is 2.53. The van der Waals surface area contributed by atoms with Gasteiger partial charge in [-0.05, 0) is 12.8 Å². The highest BCUT2D eigenvalue weighted by Gasteiger charge is 2.08. The monoisotopic (exact) mass is 120 g/mol. The Balaban J connectivity index is 2.12. The standard InChI is InChI=1S/C5H9ClO/c6-5-2-1-3-7-4-5/h5H,1-4H2. The van der Waals surface area contributed by atoms with Gasteiger partial charge in [0, 0.05) is 6.61 Å². The summed E-state index contributed by atoms with van der Waals surface area (Å²) in [6, 6.07) is 0. The van der Waals surface area contributed by atoms with Crippen molar-refractivity contribution in [1.82, 2.24) is 0 Å². The number of ether oxygens (including phenoxy) is 1. The Morgan fingerprint density at radius 3 is 2.71 bits per heavy atom. The zero-order valence-electron chi connectivity index (χ0n) is 4.19. The molecule has 2 heteroatoms. The highest BCUT2D eigenvalue weighted by Crippen LogP contribution is 2.10. The normalized spacial score (nSPS) is 33.0. The average Bonchev–Trinajstić information content (AvgIpc) is 1.69. The van der Waals surface area contributed by atoms with Crippen LogP contribution in [0.2, 0.25) is 0 Å². The Hall–Kier alpha value is 0.250. The molecule has 0 spiro atoms. The third kappa shape index (κ3) is 1.66. The van der Waals surface area contributed by atoms with Gasteiger partial charge in [0.1, 0.15) is 0 Å². The van der Waals surface area contributed by atoms with Gasteiger partial charge in [-0.15, -0.1) is 11.6 Å². The summed E-state index contributed by atoms with van der Waals surface area (Å²) in [4.78, 5) is 0. The van der Waals surface area contributed by atoms with Crippen LogP contribution in [0.3, 0.4) is 0 Å². The van der Waals surface area contributed by atoms with Gasteiger partial charge >= 0.3 is 0 Å². The number of rotatable bonds is 0. The van der Waals surface area contributed by atoms with Crippen molar-refractivity contribution in [1.29, 1.82) is 0 Å². The molecular formula is C5H9ClO. The van der Waals surface area contributed by atoms with Crippen molar-refractivity contribution in [2.45, 2.75) is 18.2 Å². The van der Waals surface area contributed by atoms with Crippen molar-refractivity contribution >= 4 is 11.6 Å². The fourth-order valence-electron chi connectivity index (χ4n) is 0.701. The molecule has 1 heterocycles. The second-order valence-corrected chi connectivity index (χ2v) is 2.43. The van der Waals surface area contributed by atoms with E-state index in [0.29, 0.717) is 0 Å². The molecule has 1 atom stereocenters. The van der Waals surface area contributed by atoms with E-state index < -0.39 is 0 Å². The van der Waals surface area contributed by atoms with Gasteiger partial charge in [-0.3, -0.25) is 0 Å². The third-order valence-corrected chi connectivity index (χ3v) is 1.45. The first-order valence-corrected chi connectivity index (χ1v) is 3.05. The largest absolute Gasteiger partial charge is 0.380 e. The summed E-state index contributed by atoms with van der Waals surface area (Å²) >= 11 is 5.69. The van der Waals surface area contributed by atoms with Crippen LogP contribution in [-0.4, -0.2) is 18.6 Å². The average molecular weight is 121 g/mol. The molecule has 0 aromatic rings. The quantitative estimate of drug-likeness (QED) is 0.439. The van der Waals surface area contributed by atoms with E-state index in [1.165, 1.54) is 0 Å². The van der Waals surface area contributed by atoms with Crippen LogP contribution in [0, 0.1) is 0 Å². The lowest BCUT2D eigenvalue weighted by Gasteiger charge is -2.14. The van der Waals surface area contributed by atoms with Crippen LogP contribution in [-0.2, 0) is 4.74 Å². The van der Waals surface area contributed by atoms with Gasteiger partial charge in [0.25, 0.3) is 0 Å². The summed E-state index contributed by atoms with van der Waals surface area (Å²) in [5.74, 6) is 0. The molecule has 0 aliphatic carbocycles. The Kier molecular flexibility index (Phi) is 1.95. The molecule has 1 nitrogen and oxygen atoms in total. The third-order valence-electron chi connectivity index (χ3n) is 1.10. The molecule has 0 saturated carbocycles. The summed E-state index contributed by atoms with van der Waals surface area (Å²) in [6.07, 6.45) is 2.26. The summed E-state index contributed by atoms with van der Waals surface area (Å²) in [5, 5.41) is 0.286. The van der Waals surface area contributed by atoms with E-state index in [2.05, 4.69) is 0 Å². The van der Waals surface area contributed by atoms with E-state index in [1.54, 1.807) is 0 Å². The van der Waals surface area contributed by atoms with Gasteiger partial charge < -0.3 is 4.74 Å². The Morgan fingerprint density at radius 2 is 2.43 bits per heavy atom. The smallest absolute Gasteiger partial charge is 0.0630 e. The summed E-state index contributed by atoms with van der Waals surface area (Å²) < 4.78 is 5.05. The zero-order valence-corrected chi connectivity index (χ0v) is 4.95. The van der Waals surface area contributed by atoms with Gasteiger partial charge in [-0.25, -0.2) is 0 Å². The first kappa shape index (κ1) is 5.39. The number of hydrogen-bond acceptors (Lipinski definition) is 1. The summed E-state index contributed by atoms with van der Waals surface area (Å²) in [6.45, 7) is 1.66. The van der Waals surface area contributed by atoms with Gasteiger partial charge in [-0.1, -0.05) is 0 Å². The molecule has 1 saturated heterocycles. The van der Waals surface area contributed by atoms with Crippen LogP contribution < -0.4 is 0 Å². The van der Waals surface area contributed by atoms with Gasteiger partial charge in [0.2, 0.25) is 0 Å². The maximum absolute atomic E-state index is 5.69. The number of alkyl halides is 1. The van der Waals surface area contributed by atoms with Crippen molar-refractivity contribution in [2.24, 2.45) is 0 Å². The molecule has 1 rings (SSSR count). The van der Waals surface area contributed by atoms with Gasteiger partial charge in [-0.2, -0.15) is 0 Å². The van der Waals surface area contributed by atoms with Crippen molar-refractivity contribution in [3.05, 3.63) is 0 Å². The van der Waals surface area contributed by atoms with Crippen LogP contribution in [0.1, 0.15) is 12.8 Å². The molecule has 1 fully saturated rings. The first-order valence-electron chi connectivity index (χ1n) is 2.61. The molecule has 0 aromatic heterocycles. The maximum atomic E-state index is 5.69. The van der Waals surface area contributed by atoms with E-state index in [-0.39, 0.29) is 5.38 Å². The Morgan fingerprint density at radius 1 is 1.57 bits per heavy atom. The van der Waals surface area contributed by atoms with Crippen LogP contribution in [0.4, 0.5) is 0 Å². The van der Waals surface area contributed by atoms with Crippen molar-refractivity contribution < 1.29 is 4.74 Å². The molecule has 7 heavy (non-hydrogen) atoms. The summed E-state index contributed by atoms with van der Waals surface area (Å²) in [7, 11) is 0. The fourth-order valence-corrected chi connectivity index (χ4v) is 0.945. The molecule has 1 aliphatic heterocycles. The molecule has 0 bridgehead atoms. The minimum Gasteiger partial charge on any atom is -0.380 e. The predicted octanol–water partition coefficient (Wildman–Crippen LogP) is 1.40. The van der Waals surface area contributed by atoms with Crippen LogP contribution in [0.5, 0.6) is 0 Å². The predicted molar refractivity (Wildman–Crippen MR) is 29.7 cm³/mol.